The number of rotatable bonds is 5. The zero-order valence-corrected chi connectivity index (χ0v) is 13.4. The van der Waals surface area contributed by atoms with E-state index < -0.39 is 0 Å². The highest BCUT2D eigenvalue weighted by atomic mass is 32.1. The molecule has 2 rings (SSSR count). The molecular weight excluding hydrogens is 268 g/mol. The Labute approximate surface area is 126 Å². The van der Waals surface area contributed by atoms with E-state index in [-0.39, 0.29) is 6.04 Å². The molecule has 112 valence electrons. The van der Waals surface area contributed by atoms with Gasteiger partial charge in [-0.05, 0) is 57.6 Å². The molecule has 1 fully saturated rings. The van der Waals surface area contributed by atoms with Crippen LogP contribution >= 0.6 is 11.3 Å². The number of nitrogens with zero attached hydrogens (tertiary/aromatic N) is 1. The molecule has 0 saturated carbocycles. The molecule has 0 bridgehead atoms. The lowest BCUT2D eigenvalue weighted by molar-refractivity contribution is -0.132. The normalized spacial score (nSPS) is 18.2. The number of amides is 1. The summed E-state index contributed by atoms with van der Waals surface area (Å²) in [5.74, 6) is 0.912. The quantitative estimate of drug-likeness (QED) is 0.907. The highest BCUT2D eigenvalue weighted by Crippen LogP contribution is 2.21. The van der Waals surface area contributed by atoms with Crippen LogP contribution in [-0.2, 0) is 11.2 Å². The number of hydrogen-bond donors (Lipinski definition) is 1. The third-order valence-electron chi connectivity index (χ3n) is 4.25. The number of carbonyl (C=O) groups is 1. The minimum absolute atomic E-state index is 0.259. The standard InChI is InChI=1S/C16H26N2OS/c1-12-6-7-15(20-12)4-3-5-16(19)18-10-8-14(9-11-18)13(2)17/h6-7,13-14H,3-5,8-11,17H2,1-2H3. The van der Waals surface area contributed by atoms with E-state index in [1.807, 2.05) is 16.2 Å². The first kappa shape index (κ1) is 15.5. The number of hydrogen-bond acceptors (Lipinski definition) is 3. The Kier molecular flexibility index (Phi) is 5.61. The van der Waals surface area contributed by atoms with Gasteiger partial charge < -0.3 is 10.6 Å². The summed E-state index contributed by atoms with van der Waals surface area (Å²) in [6.45, 7) is 5.99. The first-order valence-electron chi connectivity index (χ1n) is 7.65. The van der Waals surface area contributed by atoms with Crippen molar-refractivity contribution in [3.63, 3.8) is 0 Å². The minimum atomic E-state index is 0.259. The van der Waals surface area contributed by atoms with Gasteiger partial charge in [0.1, 0.15) is 0 Å². The largest absolute Gasteiger partial charge is 0.343 e. The lowest BCUT2D eigenvalue weighted by atomic mass is 9.91. The first-order valence-corrected chi connectivity index (χ1v) is 8.46. The predicted molar refractivity (Wildman–Crippen MR) is 84.9 cm³/mol. The van der Waals surface area contributed by atoms with E-state index in [1.165, 1.54) is 9.75 Å². The molecule has 1 amide bonds. The molecule has 0 radical (unpaired) electrons. The summed E-state index contributed by atoms with van der Waals surface area (Å²) in [6.07, 6.45) is 4.80. The highest BCUT2D eigenvalue weighted by molar-refractivity contribution is 7.11. The van der Waals surface area contributed by atoms with Gasteiger partial charge in [0, 0.05) is 35.3 Å². The molecule has 1 aromatic heterocycles. The maximum atomic E-state index is 12.2. The predicted octanol–water partition coefficient (Wildman–Crippen LogP) is 2.97. The summed E-state index contributed by atoms with van der Waals surface area (Å²) < 4.78 is 0. The average molecular weight is 294 g/mol. The van der Waals surface area contributed by atoms with E-state index in [2.05, 4.69) is 26.0 Å². The molecule has 1 aliphatic heterocycles. The summed E-state index contributed by atoms with van der Waals surface area (Å²) in [7, 11) is 0. The van der Waals surface area contributed by atoms with Crippen LogP contribution in [0, 0.1) is 12.8 Å². The van der Waals surface area contributed by atoms with Gasteiger partial charge in [-0.25, -0.2) is 0 Å². The Morgan fingerprint density at radius 1 is 1.45 bits per heavy atom. The van der Waals surface area contributed by atoms with Crippen molar-refractivity contribution >= 4 is 17.2 Å². The van der Waals surface area contributed by atoms with E-state index in [9.17, 15) is 4.79 Å². The smallest absolute Gasteiger partial charge is 0.222 e. The third kappa shape index (κ3) is 4.32. The molecule has 0 aromatic carbocycles. The van der Waals surface area contributed by atoms with Gasteiger partial charge in [0.2, 0.25) is 5.91 Å². The van der Waals surface area contributed by atoms with Crippen molar-refractivity contribution in [1.29, 1.82) is 0 Å². The van der Waals surface area contributed by atoms with Crippen molar-refractivity contribution < 1.29 is 4.79 Å². The SMILES string of the molecule is Cc1ccc(CCCC(=O)N2CCC(C(C)N)CC2)s1. The Morgan fingerprint density at radius 2 is 2.15 bits per heavy atom. The molecule has 2 heterocycles. The van der Waals surface area contributed by atoms with Gasteiger partial charge in [-0.15, -0.1) is 11.3 Å². The Balaban J connectivity index is 1.68. The second-order valence-electron chi connectivity index (χ2n) is 5.94. The van der Waals surface area contributed by atoms with Crippen LogP contribution in [0.1, 0.15) is 42.4 Å². The van der Waals surface area contributed by atoms with Crippen LogP contribution in [0.2, 0.25) is 0 Å². The van der Waals surface area contributed by atoms with Crippen LogP contribution < -0.4 is 5.73 Å². The first-order chi connectivity index (χ1) is 9.56. The Hall–Kier alpha value is -0.870. The van der Waals surface area contributed by atoms with Crippen LogP contribution in [0.5, 0.6) is 0 Å². The number of piperidine rings is 1. The molecule has 0 spiro atoms. The summed E-state index contributed by atoms with van der Waals surface area (Å²) >= 11 is 1.84. The molecule has 1 saturated heterocycles. The van der Waals surface area contributed by atoms with E-state index in [0.29, 0.717) is 18.2 Å². The molecule has 1 unspecified atom stereocenters. The number of carbonyl (C=O) groups excluding carboxylic acids is 1. The summed E-state index contributed by atoms with van der Waals surface area (Å²) in [4.78, 5) is 16.9. The van der Waals surface area contributed by atoms with Gasteiger partial charge >= 0.3 is 0 Å². The fraction of sp³-hybridized carbons (Fsp3) is 0.688. The van der Waals surface area contributed by atoms with Crippen LogP contribution in [0.15, 0.2) is 12.1 Å². The van der Waals surface area contributed by atoms with E-state index in [1.54, 1.807) is 0 Å². The maximum Gasteiger partial charge on any atom is 0.222 e. The fourth-order valence-corrected chi connectivity index (χ4v) is 3.80. The summed E-state index contributed by atoms with van der Waals surface area (Å²) in [5.41, 5.74) is 5.93. The van der Waals surface area contributed by atoms with Gasteiger partial charge in [0.15, 0.2) is 0 Å². The number of nitrogens with two attached hydrogens (primary N) is 1. The number of likely N-dealkylation sites (tertiary alicyclic amines) is 1. The van der Waals surface area contributed by atoms with Crippen LogP contribution in [0.3, 0.4) is 0 Å². The lowest BCUT2D eigenvalue weighted by Gasteiger charge is -2.33. The molecule has 3 nitrogen and oxygen atoms in total. The average Bonchev–Trinajstić information content (AvgIpc) is 2.84. The zero-order chi connectivity index (χ0) is 14.5. The van der Waals surface area contributed by atoms with E-state index in [0.717, 1.165) is 38.8 Å². The monoisotopic (exact) mass is 294 g/mol. The fourth-order valence-electron chi connectivity index (χ4n) is 2.87. The Bertz CT molecular complexity index is 433. The number of aryl methyl sites for hydroxylation is 2. The van der Waals surface area contributed by atoms with Crippen molar-refractivity contribution in [2.45, 2.75) is 52.0 Å². The van der Waals surface area contributed by atoms with Crippen molar-refractivity contribution in [3.8, 4) is 0 Å². The van der Waals surface area contributed by atoms with Crippen LogP contribution in [-0.4, -0.2) is 29.9 Å². The van der Waals surface area contributed by atoms with Gasteiger partial charge in [-0.1, -0.05) is 0 Å². The Morgan fingerprint density at radius 3 is 2.70 bits per heavy atom. The van der Waals surface area contributed by atoms with Crippen molar-refractivity contribution in [2.24, 2.45) is 11.7 Å². The molecule has 1 atom stereocenters. The van der Waals surface area contributed by atoms with Gasteiger partial charge in [-0.2, -0.15) is 0 Å². The van der Waals surface area contributed by atoms with Gasteiger partial charge in [0.25, 0.3) is 0 Å². The summed E-state index contributed by atoms with van der Waals surface area (Å²) in [6, 6.07) is 4.59. The van der Waals surface area contributed by atoms with E-state index >= 15 is 0 Å². The lowest BCUT2D eigenvalue weighted by Crippen LogP contribution is -2.42. The maximum absolute atomic E-state index is 12.2. The van der Waals surface area contributed by atoms with Gasteiger partial charge in [0.05, 0.1) is 0 Å². The van der Waals surface area contributed by atoms with Crippen LogP contribution in [0.4, 0.5) is 0 Å². The molecule has 4 heteroatoms. The van der Waals surface area contributed by atoms with Gasteiger partial charge in [-0.3, -0.25) is 4.79 Å². The second-order valence-corrected chi connectivity index (χ2v) is 7.32. The molecular formula is C16H26N2OS. The van der Waals surface area contributed by atoms with Crippen molar-refractivity contribution in [2.75, 3.05) is 13.1 Å². The second kappa shape index (κ2) is 7.23. The van der Waals surface area contributed by atoms with Crippen molar-refractivity contribution in [3.05, 3.63) is 21.9 Å². The topological polar surface area (TPSA) is 46.3 Å². The molecule has 20 heavy (non-hydrogen) atoms. The molecule has 1 aliphatic rings. The minimum Gasteiger partial charge on any atom is -0.343 e. The number of thiophene rings is 1. The molecule has 1 aromatic rings. The van der Waals surface area contributed by atoms with Crippen LogP contribution in [0.25, 0.3) is 0 Å². The van der Waals surface area contributed by atoms with E-state index in [4.69, 9.17) is 5.73 Å². The third-order valence-corrected chi connectivity index (χ3v) is 5.31. The highest BCUT2D eigenvalue weighted by Gasteiger charge is 2.24. The van der Waals surface area contributed by atoms with Crippen molar-refractivity contribution in [1.82, 2.24) is 4.90 Å². The zero-order valence-electron chi connectivity index (χ0n) is 12.6. The molecule has 2 N–H and O–H groups in total. The molecule has 0 aliphatic carbocycles. The summed E-state index contributed by atoms with van der Waals surface area (Å²) in [5, 5.41) is 0.